The number of hydrogen-bond donors (Lipinski definition) is 2. The number of anilines is 1. The first-order valence-electron chi connectivity index (χ1n) is 10.6. The Kier molecular flexibility index (Phi) is 6.08. The normalized spacial score (nSPS) is 15.0. The Balaban J connectivity index is 1.69. The lowest BCUT2D eigenvalue weighted by Crippen LogP contribution is -2.21. The van der Waals surface area contributed by atoms with Gasteiger partial charge in [-0.1, -0.05) is 29.3 Å². The highest BCUT2D eigenvalue weighted by Gasteiger charge is 2.36. The Hall–Kier alpha value is -3.69. The molecule has 0 aliphatic carbocycles. The molecular weight excluding hydrogens is 538 g/mol. The predicted octanol–water partition coefficient (Wildman–Crippen LogP) is 7.53. The zero-order valence-electron chi connectivity index (χ0n) is 18.3. The van der Waals surface area contributed by atoms with E-state index in [1.807, 2.05) is 0 Å². The van der Waals surface area contributed by atoms with Gasteiger partial charge in [-0.3, -0.25) is 9.59 Å². The molecule has 1 atom stereocenters. The van der Waals surface area contributed by atoms with Gasteiger partial charge < -0.3 is 10.6 Å². The van der Waals surface area contributed by atoms with Crippen molar-refractivity contribution in [2.45, 2.75) is 12.2 Å². The van der Waals surface area contributed by atoms with Crippen molar-refractivity contribution in [2.24, 2.45) is 0 Å². The molecule has 0 bridgehead atoms. The summed E-state index contributed by atoms with van der Waals surface area (Å²) in [5.74, 6) is -3.48. The van der Waals surface area contributed by atoms with Crippen LogP contribution >= 0.6 is 23.2 Å². The number of alkyl halides is 3. The molecule has 5 rings (SSSR count). The van der Waals surface area contributed by atoms with Crippen molar-refractivity contribution in [2.75, 3.05) is 5.32 Å². The van der Waals surface area contributed by atoms with E-state index in [1.54, 1.807) is 12.1 Å². The molecule has 4 nitrogen and oxygen atoms in total. The predicted molar refractivity (Wildman–Crippen MR) is 129 cm³/mol. The van der Waals surface area contributed by atoms with E-state index in [1.165, 1.54) is 18.2 Å². The molecule has 4 aromatic rings. The Bertz CT molecular complexity index is 1620. The number of fused-ring (bicyclic) bond motifs is 3. The minimum absolute atomic E-state index is 0.0243. The maximum Gasteiger partial charge on any atom is 0.416 e. The van der Waals surface area contributed by atoms with E-state index in [4.69, 9.17) is 23.2 Å². The van der Waals surface area contributed by atoms with E-state index in [0.29, 0.717) is 27.9 Å². The van der Waals surface area contributed by atoms with Gasteiger partial charge >= 0.3 is 6.18 Å². The van der Waals surface area contributed by atoms with Gasteiger partial charge in [0.2, 0.25) is 0 Å². The van der Waals surface area contributed by atoms with E-state index in [9.17, 15) is 31.5 Å². The number of benzene rings is 4. The van der Waals surface area contributed by atoms with Crippen LogP contribution in [0.15, 0.2) is 60.7 Å². The van der Waals surface area contributed by atoms with Crippen molar-refractivity contribution in [3.8, 4) is 0 Å². The summed E-state index contributed by atoms with van der Waals surface area (Å²) in [6.45, 7) is 0. The van der Waals surface area contributed by atoms with E-state index in [0.717, 1.165) is 12.1 Å². The van der Waals surface area contributed by atoms with Crippen LogP contribution in [0.4, 0.5) is 27.6 Å². The zero-order chi connectivity index (χ0) is 26.6. The fourth-order valence-corrected chi connectivity index (χ4v) is 4.77. The minimum Gasteiger partial charge on any atom is -0.341 e. The zero-order valence-corrected chi connectivity index (χ0v) is 19.8. The van der Waals surface area contributed by atoms with Crippen LogP contribution in [0.1, 0.15) is 43.4 Å². The van der Waals surface area contributed by atoms with Gasteiger partial charge in [-0.05, 0) is 65.4 Å². The second-order valence-electron chi connectivity index (χ2n) is 8.33. The Morgan fingerprint density at radius 3 is 2.41 bits per heavy atom. The fraction of sp³-hybridized carbons (Fsp3) is 0.0769. The number of rotatable bonds is 3. The molecule has 11 heteroatoms. The molecule has 0 saturated carbocycles. The molecule has 37 heavy (non-hydrogen) atoms. The van der Waals surface area contributed by atoms with E-state index >= 15 is 0 Å². The average molecular weight is 551 g/mol. The number of carbonyl (C=O) groups excluding carboxylic acids is 2. The van der Waals surface area contributed by atoms with Gasteiger partial charge in [0, 0.05) is 32.4 Å². The molecule has 0 aromatic heterocycles. The van der Waals surface area contributed by atoms with Gasteiger partial charge in [0.05, 0.1) is 17.2 Å². The number of hydrogen-bond acceptors (Lipinski definition) is 2. The Morgan fingerprint density at radius 1 is 0.919 bits per heavy atom. The summed E-state index contributed by atoms with van der Waals surface area (Å²) in [7, 11) is 0. The van der Waals surface area contributed by atoms with Crippen LogP contribution in [0.25, 0.3) is 10.8 Å². The molecule has 2 amide bonds. The first kappa shape index (κ1) is 25.0. The van der Waals surface area contributed by atoms with Crippen LogP contribution in [0, 0.1) is 11.6 Å². The first-order chi connectivity index (χ1) is 17.4. The van der Waals surface area contributed by atoms with Gasteiger partial charge in [-0.15, -0.1) is 0 Å². The van der Waals surface area contributed by atoms with Crippen LogP contribution in [0.2, 0.25) is 10.0 Å². The average Bonchev–Trinajstić information content (AvgIpc) is 3.17. The highest BCUT2D eigenvalue weighted by molar-refractivity contribution is 6.32. The van der Waals surface area contributed by atoms with Crippen LogP contribution < -0.4 is 10.6 Å². The number of amides is 2. The smallest absolute Gasteiger partial charge is 0.341 e. The van der Waals surface area contributed by atoms with Crippen molar-refractivity contribution in [3.63, 3.8) is 0 Å². The standard InChI is InChI=1S/C26H13Cl2F5N2O2/c27-14-1-3-17-11(6-14)8-20(34-24(36)12-5-13(26(31,32)33)9-16(30)7-12)22-21(17)25(37)35-23(22)18-10-15(29)2-4-19(18)28/h1-10,23H,(H,34,36)(H,35,37). The second-order valence-corrected chi connectivity index (χ2v) is 9.17. The van der Waals surface area contributed by atoms with Crippen LogP contribution in [0.5, 0.6) is 0 Å². The summed E-state index contributed by atoms with van der Waals surface area (Å²) in [5.41, 5.74) is -1.35. The van der Waals surface area contributed by atoms with Crippen LogP contribution in [-0.4, -0.2) is 11.8 Å². The van der Waals surface area contributed by atoms with Gasteiger partial charge in [0.1, 0.15) is 11.6 Å². The first-order valence-corrected chi connectivity index (χ1v) is 11.4. The lowest BCUT2D eigenvalue weighted by molar-refractivity contribution is -0.137. The highest BCUT2D eigenvalue weighted by Crippen LogP contribution is 2.43. The molecule has 1 aliphatic heterocycles. The summed E-state index contributed by atoms with van der Waals surface area (Å²) < 4.78 is 67.6. The van der Waals surface area contributed by atoms with E-state index in [-0.39, 0.29) is 33.5 Å². The molecule has 1 heterocycles. The molecule has 0 saturated heterocycles. The van der Waals surface area contributed by atoms with Crippen molar-refractivity contribution in [1.29, 1.82) is 0 Å². The monoisotopic (exact) mass is 550 g/mol. The second kappa shape index (κ2) is 9.00. The molecule has 4 aromatic carbocycles. The van der Waals surface area contributed by atoms with Gasteiger partial charge in [-0.25, -0.2) is 8.78 Å². The van der Waals surface area contributed by atoms with Crippen molar-refractivity contribution in [1.82, 2.24) is 5.32 Å². The topological polar surface area (TPSA) is 58.2 Å². The Morgan fingerprint density at radius 2 is 1.68 bits per heavy atom. The molecule has 0 fully saturated rings. The minimum atomic E-state index is -4.88. The Labute approximate surface area is 216 Å². The molecule has 0 spiro atoms. The third-order valence-corrected chi connectivity index (χ3v) is 6.52. The van der Waals surface area contributed by atoms with E-state index < -0.39 is 46.8 Å². The van der Waals surface area contributed by atoms with Crippen molar-refractivity contribution in [3.05, 3.63) is 110 Å². The number of carbonyl (C=O) groups is 2. The molecule has 1 unspecified atom stereocenters. The highest BCUT2D eigenvalue weighted by atomic mass is 35.5. The lowest BCUT2D eigenvalue weighted by atomic mass is 9.92. The molecule has 188 valence electrons. The maximum absolute atomic E-state index is 14.1. The maximum atomic E-state index is 14.1. The summed E-state index contributed by atoms with van der Waals surface area (Å²) in [6, 6.07) is 10.2. The van der Waals surface area contributed by atoms with Crippen LogP contribution in [-0.2, 0) is 6.18 Å². The SMILES string of the molecule is O=C(Nc1cc2cc(Cl)ccc2c2c1C(c1cc(F)ccc1Cl)NC2=O)c1cc(F)cc(C(F)(F)F)c1. The summed E-state index contributed by atoms with van der Waals surface area (Å²) in [5, 5.41) is 6.57. The van der Waals surface area contributed by atoms with Gasteiger partial charge in [-0.2, -0.15) is 13.2 Å². The number of nitrogens with one attached hydrogen (secondary N) is 2. The van der Waals surface area contributed by atoms with Crippen molar-refractivity contribution < 1.29 is 31.5 Å². The quantitative estimate of drug-likeness (QED) is 0.259. The van der Waals surface area contributed by atoms with Crippen molar-refractivity contribution >= 4 is 51.5 Å². The summed E-state index contributed by atoms with van der Waals surface area (Å²) in [4.78, 5) is 26.1. The summed E-state index contributed by atoms with van der Waals surface area (Å²) in [6.07, 6.45) is -4.88. The molecule has 2 N–H and O–H groups in total. The van der Waals surface area contributed by atoms with Gasteiger partial charge in [0.25, 0.3) is 11.8 Å². The molecular formula is C26H13Cl2F5N2O2. The molecule has 0 radical (unpaired) electrons. The van der Waals surface area contributed by atoms with Crippen LogP contribution in [0.3, 0.4) is 0 Å². The van der Waals surface area contributed by atoms with E-state index in [2.05, 4.69) is 10.6 Å². The molecule has 1 aliphatic rings. The third-order valence-electron chi connectivity index (χ3n) is 5.94. The third kappa shape index (κ3) is 4.60. The van der Waals surface area contributed by atoms with Gasteiger partial charge in [0.15, 0.2) is 0 Å². The fourth-order valence-electron chi connectivity index (χ4n) is 4.36. The largest absolute Gasteiger partial charge is 0.416 e. The summed E-state index contributed by atoms with van der Waals surface area (Å²) >= 11 is 12.4. The lowest BCUT2D eigenvalue weighted by Gasteiger charge is -2.19. The number of halogens is 7.